The number of carbonyl (C=O) groups excluding carboxylic acids is 2. The molecule has 1 amide bonds. The second-order valence-electron chi connectivity index (χ2n) is 5.31. The van der Waals surface area contributed by atoms with Crippen molar-refractivity contribution >= 4 is 33.4 Å². The van der Waals surface area contributed by atoms with Gasteiger partial charge in [-0.05, 0) is 25.0 Å². The van der Waals surface area contributed by atoms with Crippen molar-refractivity contribution < 1.29 is 14.3 Å². The summed E-state index contributed by atoms with van der Waals surface area (Å²) in [7, 11) is 1.40. The number of aromatic nitrogens is 1. The minimum atomic E-state index is -0.176. The van der Waals surface area contributed by atoms with Crippen molar-refractivity contribution in [1.82, 2.24) is 10.3 Å². The molecule has 1 aromatic carbocycles. The van der Waals surface area contributed by atoms with Crippen LogP contribution in [0.5, 0.6) is 0 Å². The molecule has 0 saturated carbocycles. The third-order valence-electron chi connectivity index (χ3n) is 3.51. The third kappa shape index (κ3) is 5.98. The van der Waals surface area contributed by atoms with Crippen molar-refractivity contribution in [1.29, 1.82) is 0 Å². The molecule has 23 heavy (non-hydrogen) atoms. The van der Waals surface area contributed by atoms with Gasteiger partial charge in [-0.25, -0.2) is 4.98 Å². The van der Waals surface area contributed by atoms with Crippen molar-refractivity contribution in [2.24, 2.45) is 0 Å². The monoisotopic (exact) mass is 334 g/mol. The van der Waals surface area contributed by atoms with Crippen molar-refractivity contribution in [3.63, 3.8) is 0 Å². The minimum Gasteiger partial charge on any atom is -0.469 e. The lowest BCUT2D eigenvalue weighted by Gasteiger charge is -2.04. The Morgan fingerprint density at radius 3 is 2.78 bits per heavy atom. The summed E-state index contributed by atoms with van der Waals surface area (Å²) in [6.07, 6.45) is 4.17. The number of carbonyl (C=O) groups is 2. The SMILES string of the molecule is COC(=O)CCCCCNC(=O)CCc1nc2ccccc2s1. The van der Waals surface area contributed by atoms with Crippen LogP contribution in [0.4, 0.5) is 0 Å². The van der Waals surface area contributed by atoms with Crippen LogP contribution in [-0.4, -0.2) is 30.5 Å². The molecule has 2 rings (SSSR count). The Hall–Kier alpha value is -1.95. The van der Waals surface area contributed by atoms with Crippen LogP contribution in [0.15, 0.2) is 24.3 Å². The maximum Gasteiger partial charge on any atom is 0.305 e. The van der Waals surface area contributed by atoms with Crippen LogP contribution in [0.1, 0.15) is 37.1 Å². The van der Waals surface area contributed by atoms with Gasteiger partial charge in [0.2, 0.25) is 5.91 Å². The number of aryl methyl sites for hydroxylation is 1. The van der Waals surface area contributed by atoms with Gasteiger partial charge in [0.25, 0.3) is 0 Å². The molecule has 1 heterocycles. The number of hydrogen-bond donors (Lipinski definition) is 1. The van der Waals surface area contributed by atoms with Crippen LogP contribution in [0.25, 0.3) is 10.2 Å². The highest BCUT2D eigenvalue weighted by Crippen LogP contribution is 2.22. The highest BCUT2D eigenvalue weighted by molar-refractivity contribution is 7.18. The van der Waals surface area contributed by atoms with Crippen molar-refractivity contribution in [2.45, 2.75) is 38.5 Å². The molecule has 0 aliphatic carbocycles. The number of esters is 1. The fraction of sp³-hybridized carbons (Fsp3) is 0.471. The molecule has 0 aliphatic rings. The van der Waals surface area contributed by atoms with Gasteiger partial charge in [-0.15, -0.1) is 11.3 Å². The molecule has 0 fully saturated rings. The fourth-order valence-electron chi connectivity index (χ4n) is 2.24. The summed E-state index contributed by atoms with van der Waals surface area (Å²) in [4.78, 5) is 27.3. The molecule has 0 radical (unpaired) electrons. The summed E-state index contributed by atoms with van der Waals surface area (Å²) in [6, 6.07) is 8.00. The number of benzene rings is 1. The van der Waals surface area contributed by atoms with Crippen molar-refractivity contribution in [3.05, 3.63) is 29.3 Å². The van der Waals surface area contributed by atoms with E-state index in [1.807, 2.05) is 24.3 Å². The predicted molar refractivity (Wildman–Crippen MR) is 91.4 cm³/mol. The summed E-state index contributed by atoms with van der Waals surface area (Å²) >= 11 is 1.64. The van der Waals surface area contributed by atoms with Gasteiger partial charge in [-0.2, -0.15) is 0 Å². The quantitative estimate of drug-likeness (QED) is 0.565. The number of nitrogens with zero attached hydrogens (tertiary/aromatic N) is 1. The van der Waals surface area contributed by atoms with E-state index in [1.54, 1.807) is 11.3 Å². The molecular weight excluding hydrogens is 312 g/mol. The van der Waals surface area contributed by atoms with Crippen molar-refractivity contribution in [2.75, 3.05) is 13.7 Å². The number of amides is 1. The second-order valence-corrected chi connectivity index (χ2v) is 6.43. The van der Waals surface area contributed by atoms with E-state index in [4.69, 9.17) is 0 Å². The van der Waals surface area contributed by atoms with Gasteiger partial charge in [0.1, 0.15) is 0 Å². The topological polar surface area (TPSA) is 68.3 Å². The first-order valence-corrected chi connectivity index (χ1v) is 8.68. The average Bonchev–Trinajstić information content (AvgIpc) is 2.98. The van der Waals surface area contributed by atoms with Gasteiger partial charge < -0.3 is 10.1 Å². The third-order valence-corrected chi connectivity index (χ3v) is 4.61. The number of fused-ring (bicyclic) bond motifs is 1. The summed E-state index contributed by atoms with van der Waals surface area (Å²) in [5.41, 5.74) is 0.999. The van der Waals surface area contributed by atoms with Gasteiger partial charge in [0, 0.05) is 25.8 Å². The smallest absolute Gasteiger partial charge is 0.305 e. The van der Waals surface area contributed by atoms with Gasteiger partial charge in [-0.1, -0.05) is 18.6 Å². The molecule has 1 N–H and O–H groups in total. The highest BCUT2D eigenvalue weighted by Gasteiger charge is 2.06. The highest BCUT2D eigenvalue weighted by atomic mass is 32.1. The van der Waals surface area contributed by atoms with Gasteiger partial charge >= 0.3 is 5.97 Å². The molecule has 0 unspecified atom stereocenters. The number of nitrogens with one attached hydrogen (secondary N) is 1. The zero-order chi connectivity index (χ0) is 16.5. The Balaban J connectivity index is 1.59. The molecule has 0 bridgehead atoms. The number of para-hydroxylation sites is 1. The van der Waals surface area contributed by atoms with E-state index in [0.29, 0.717) is 25.8 Å². The number of unbranched alkanes of at least 4 members (excludes halogenated alkanes) is 2. The zero-order valence-corrected chi connectivity index (χ0v) is 14.2. The number of ether oxygens (including phenoxy) is 1. The molecule has 0 aliphatic heterocycles. The zero-order valence-electron chi connectivity index (χ0n) is 13.3. The Kier molecular flexibility index (Phi) is 7.00. The van der Waals surface area contributed by atoms with E-state index in [0.717, 1.165) is 34.5 Å². The van der Waals surface area contributed by atoms with E-state index in [-0.39, 0.29) is 11.9 Å². The van der Waals surface area contributed by atoms with Gasteiger partial charge in [0.05, 0.1) is 22.3 Å². The summed E-state index contributed by atoms with van der Waals surface area (Å²) in [6.45, 7) is 0.653. The van der Waals surface area contributed by atoms with Crippen LogP contribution in [-0.2, 0) is 20.7 Å². The van der Waals surface area contributed by atoms with Crippen LogP contribution in [0.3, 0.4) is 0 Å². The first kappa shape index (κ1) is 17.4. The fourth-order valence-corrected chi connectivity index (χ4v) is 3.20. The number of hydrogen-bond acceptors (Lipinski definition) is 5. The lowest BCUT2D eigenvalue weighted by Crippen LogP contribution is -2.24. The Morgan fingerprint density at radius 1 is 1.17 bits per heavy atom. The average molecular weight is 334 g/mol. The van der Waals surface area contributed by atoms with E-state index in [2.05, 4.69) is 15.0 Å². The number of thiazole rings is 1. The molecular formula is C17H22N2O3S. The predicted octanol–water partition coefficient (Wildman–Crippen LogP) is 3.08. The standard InChI is InChI=1S/C17H22N2O3S/c1-22-17(21)9-3-2-6-12-18-15(20)10-11-16-19-13-7-4-5-8-14(13)23-16/h4-5,7-8H,2-3,6,9-12H2,1H3,(H,18,20). The Morgan fingerprint density at radius 2 is 2.00 bits per heavy atom. The van der Waals surface area contributed by atoms with Gasteiger partial charge in [0.15, 0.2) is 0 Å². The minimum absolute atomic E-state index is 0.0530. The van der Waals surface area contributed by atoms with E-state index >= 15 is 0 Å². The van der Waals surface area contributed by atoms with Crippen LogP contribution >= 0.6 is 11.3 Å². The number of methoxy groups -OCH3 is 1. The first-order valence-electron chi connectivity index (χ1n) is 7.87. The largest absolute Gasteiger partial charge is 0.469 e. The lowest BCUT2D eigenvalue weighted by molar-refractivity contribution is -0.140. The van der Waals surface area contributed by atoms with Crippen molar-refractivity contribution in [3.8, 4) is 0 Å². The molecule has 0 atom stereocenters. The van der Waals surface area contributed by atoms with E-state index < -0.39 is 0 Å². The summed E-state index contributed by atoms with van der Waals surface area (Å²) in [5, 5.41) is 3.91. The molecule has 1 aromatic heterocycles. The second kappa shape index (κ2) is 9.25. The molecule has 2 aromatic rings. The molecule has 0 saturated heterocycles. The summed E-state index contributed by atoms with van der Waals surface area (Å²) < 4.78 is 5.74. The molecule has 0 spiro atoms. The number of rotatable bonds is 9. The van der Waals surface area contributed by atoms with Crippen LogP contribution < -0.4 is 5.32 Å². The first-order chi connectivity index (χ1) is 11.2. The molecule has 124 valence electrons. The maximum absolute atomic E-state index is 11.8. The van der Waals surface area contributed by atoms with Crippen LogP contribution in [0, 0.1) is 0 Å². The normalized spacial score (nSPS) is 10.7. The van der Waals surface area contributed by atoms with E-state index in [9.17, 15) is 9.59 Å². The Bertz CT molecular complexity index is 621. The van der Waals surface area contributed by atoms with Gasteiger partial charge in [-0.3, -0.25) is 9.59 Å². The Labute approximate surface area is 140 Å². The maximum atomic E-state index is 11.8. The summed E-state index contributed by atoms with van der Waals surface area (Å²) in [5.74, 6) is -0.123. The molecule has 5 nitrogen and oxygen atoms in total. The van der Waals surface area contributed by atoms with E-state index in [1.165, 1.54) is 7.11 Å². The van der Waals surface area contributed by atoms with Crippen LogP contribution in [0.2, 0.25) is 0 Å². The molecule has 6 heteroatoms. The lowest BCUT2D eigenvalue weighted by atomic mass is 10.2.